The van der Waals surface area contributed by atoms with Crippen molar-refractivity contribution < 1.29 is 70.9 Å². The third-order valence-electron chi connectivity index (χ3n) is 1.98. The van der Waals surface area contributed by atoms with E-state index < -0.39 is 17.9 Å². The molecule has 0 radical (unpaired) electrons. The number of carbonyl (C=O) groups is 3. The first-order valence-electron chi connectivity index (χ1n) is 3.81. The average molecular weight is 229 g/mol. The van der Waals surface area contributed by atoms with Crippen LogP contribution in [0, 0.1) is 0 Å². The summed E-state index contributed by atoms with van der Waals surface area (Å²) in [5, 5.41) is 10.5. The maximum atomic E-state index is 11.3. The Hall–Kier alpha value is -0.534. The quantitative estimate of drug-likeness (QED) is 0.344. The van der Waals surface area contributed by atoms with Gasteiger partial charge < -0.3 is 9.90 Å². The van der Waals surface area contributed by atoms with Crippen molar-refractivity contribution in [2.24, 2.45) is 0 Å². The van der Waals surface area contributed by atoms with Gasteiger partial charge >= 0.3 is 51.4 Å². The number of nitrogens with zero attached hydrogens (tertiary/aromatic N) is 1. The number of fused-ring (bicyclic) bond motifs is 1. The molecule has 1 aliphatic rings. The van der Waals surface area contributed by atoms with Crippen LogP contribution in [0.2, 0.25) is 0 Å². The molecule has 0 fully saturated rings. The Balaban J connectivity index is 0.00000112. The van der Waals surface area contributed by atoms with Gasteiger partial charge in [0.2, 0.25) is 0 Å². The summed E-state index contributed by atoms with van der Waals surface area (Å²) in [5.74, 6) is -1.68. The second-order valence-electron chi connectivity index (χ2n) is 2.76. The molecule has 0 N–H and O–H groups in total. The second kappa shape index (κ2) is 4.54. The molecule has 0 aromatic heterocycles. The van der Waals surface area contributed by atoms with Gasteiger partial charge in [0, 0.05) is 0 Å². The summed E-state index contributed by atoms with van der Waals surface area (Å²) in [4.78, 5) is 33.2. The van der Waals surface area contributed by atoms with E-state index in [9.17, 15) is 19.5 Å². The van der Waals surface area contributed by atoms with Gasteiger partial charge in [-0.2, -0.15) is 0 Å². The Kier molecular flexibility index (Phi) is 3.80. The van der Waals surface area contributed by atoms with Crippen LogP contribution in [0.4, 0.5) is 4.79 Å². The summed E-state index contributed by atoms with van der Waals surface area (Å²) >= 11 is 0. The normalized spacial score (nSPS) is 13.5. The average Bonchev–Trinajstić information content (AvgIpc) is 2.41. The Morgan fingerprint density at radius 2 is 1.47 bits per heavy atom. The number of carboxylic acid groups (broad SMARTS) is 1. The third-order valence-corrected chi connectivity index (χ3v) is 1.98. The van der Waals surface area contributed by atoms with E-state index in [4.69, 9.17) is 0 Å². The van der Waals surface area contributed by atoms with Gasteiger partial charge in [-0.1, -0.05) is 12.1 Å². The second-order valence-corrected chi connectivity index (χ2v) is 2.76. The smallest absolute Gasteiger partial charge is 0.529 e. The zero-order chi connectivity index (χ0) is 10.3. The Labute approximate surface area is 127 Å². The minimum absolute atomic E-state index is 0. The van der Waals surface area contributed by atoms with Gasteiger partial charge in [0.25, 0.3) is 11.8 Å². The largest absolute Gasteiger partial charge is 1.00 e. The first-order valence-corrected chi connectivity index (χ1v) is 3.81. The first kappa shape index (κ1) is 12.5. The van der Waals surface area contributed by atoms with Crippen LogP contribution in [0.3, 0.4) is 0 Å². The van der Waals surface area contributed by atoms with E-state index in [1.54, 1.807) is 12.1 Å². The minimum Gasteiger partial charge on any atom is -0.529 e. The van der Waals surface area contributed by atoms with Crippen LogP contribution in [-0.2, 0) is 0 Å². The molecule has 1 aromatic rings. The van der Waals surface area contributed by atoms with Crippen LogP contribution >= 0.6 is 0 Å². The SMILES string of the molecule is O=C([O-])N1C(=O)c2ccccc2C1=O.[K+]. The van der Waals surface area contributed by atoms with Gasteiger partial charge in [-0.25, -0.2) is 4.90 Å². The maximum Gasteiger partial charge on any atom is 1.00 e. The Morgan fingerprint density at radius 1 is 1.07 bits per heavy atom. The molecule has 2 rings (SSSR count). The zero-order valence-corrected chi connectivity index (χ0v) is 11.0. The number of amides is 3. The molecule has 0 aliphatic carbocycles. The fourth-order valence-corrected chi connectivity index (χ4v) is 1.36. The van der Waals surface area contributed by atoms with E-state index in [0.717, 1.165) is 0 Å². The number of imide groups is 3. The van der Waals surface area contributed by atoms with Crippen molar-refractivity contribution in [3.05, 3.63) is 35.4 Å². The number of rotatable bonds is 0. The fourth-order valence-electron chi connectivity index (χ4n) is 1.36. The topological polar surface area (TPSA) is 77.5 Å². The van der Waals surface area contributed by atoms with E-state index in [1.165, 1.54) is 12.1 Å². The number of benzene rings is 1. The van der Waals surface area contributed by atoms with Crippen LogP contribution < -0.4 is 56.5 Å². The predicted octanol–water partition coefficient (Wildman–Crippen LogP) is -3.37. The summed E-state index contributed by atoms with van der Waals surface area (Å²) in [6.45, 7) is 0. The van der Waals surface area contributed by atoms with Gasteiger partial charge in [-0.05, 0) is 12.1 Å². The molecule has 0 bridgehead atoms. The van der Waals surface area contributed by atoms with Crippen LogP contribution in [0.15, 0.2) is 24.3 Å². The van der Waals surface area contributed by atoms with Gasteiger partial charge in [0.15, 0.2) is 6.09 Å². The number of carbonyl (C=O) groups excluding carboxylic acids is 3. The molecule has 15 heavy (non-hydrogen) atoms. The maximum absolute atomic E-state index is 11.3. The molecule has 0 atom stereocenters. The van der Waals surface area contributed by atoms with Crippen LogP contribution in [0.1, 0.15) is 20.7 Å². The van der Waals surface area contributed by atoms with Crippen LogP contribution in [-0.4, -0.2) is 22.8 Å². The molecule has 1 aliphatic heterocycles. The standard InChI is InChI=1S/C9H5NO4.K/c11-7-5-3-1-2-4-6(5)8(12)10(7)9(13)14;/h1-4H,(H,13,14);/q;+1/p-1. The van der Waals surface area contributed by atoms with E-state index in [2.05, 4.69) is 0 Å². The summed E-state index contributed by atoms with van der Waals surface area (Å²) in [5.41, 5.74) is 0.198. The molecule has 0 saturated heterocycles. The summed E-state index contributed by atoms with van der Waals surface area (Å²) < 4.78 is 0. The molecule has 0 saturated carbocycles. The molecule has 70 valence electrons. The van der Waals surface area contributed by atoms with Crippen molar-refractivity contribution in [1.82, 2.24) is 4.90 Å². The molecule has 6 heteroatoms. The van der Waals surface area contributed by atoms with E-state index in [-0.39, 0.29) is 67.4 Å². The molecular formula is C9H4KNO4. The summed E-state index contributed by atoms with van der Waals surface area (Å²) in [6, 6.07) is 5.92. The van der Waals surface area contributed by atoms with Gasteiger partial charge in [-0.3, -0.25) is 9.59 Å². The van der Waals surface area contributed by atoms with E-state index >= 15 is 0 Å². The summed E-state index contributed by atoms with van der Waals surface area (Å²) in [6.07, 6.45) is -1.80. The van der Waals surface area contributed by atoms with Crippen LogP contribution in [0.25, 0.3) is 0 Å². The van der Waals surface area contributed by atoms with Crippen molar-refractivity contribution in [1.29, 1.82) is 0 Å². The van der Waals surface area contributed by atoms with Gasteiger partial charge in [-0.15, -0.1) is 0 Å². The van der Waals surface area contributed by atoms with E-state index in [1.807, 2.05) is 0 Å². The zero-order valence-electron chi connectivity index (χ0n) is 7.89. The predicted molar refractivity (Wildman–Crippen MR) is 42.3 cm³/mol. The fraction of sp³-hybridized carbons (Fsp3) is 0. The van der Waals surface area contributed by atoms with Crippen molar-refractivity contribution >= 4 is 17.9 Å². The van der Waals surface area contributed by atoms with Crippen molar-refractivity contribution in [2.45, 2.75) is 0 Å². The van der Waals surface area contributed by atoms with Gasteiger partial charge in [0.1, 0.15) is 0 Å². The third kappa shape index (κ3) is 1.91. The Bertz CT molecular complexity index is 422. The molecule has 0 unspecified atom stereocenters. The number of hydrogen-bond acceptors (Lipinski definition) is 4. The summed E-state index contributed by atoms with van der Waals surface area (Å²) in [7, 11) is 0. The molecule has 5 nitrogen and oxygen atoms in total. The first-order chi connectivity index (χ1) is 6.63. The Morgan fingerprint density at radius 3 is 1.80 bits per heavy atom. The number of hydrogen-bond donors (Lipinski definition) is 0. The molecule has 0 spiro atoms. The minimum atomic E-state index is -1.80. The molecule has 1 heterocycles. The van der Waals surface area contributed by atoms with E-state index in [0.29, 0.717) is 0 Å². The van der Waals surface area contributed by atoms with Crippen molar-refractivity contribution in [3.8, 4) is 0 Å². The molecular weight excluding hydrogens is 225 g/mol. The monoisotopic (exact) mass is 229 g/mol. The van der Waals surface area contributed by atoms with Crippen molar-refractivity contribution in [3.63, 3.8) is 0 Å². The molecule has 1 aromatic carbocycles. The van der Waals surface area contributed by atoms with Crippen molar-refractivity contribution in [2.75, 3.05) is 0 Å². The molecule has 3 amide bonds. The van der Waals surface area contributed by atoms with Gasteiger partial charge in [0.05, 0.1) is 11.1 Å². The van der Waals surface area contributed by atoms with Crippen LogP contribution in [0.5, 0.6) is 0 Å².